The van der Waals surface area contributed by atoms with Crippen molar-refractivity contribution >= 4 is 11.5 Å². The van der Waals surface area contributed by atoms with E-state index in [4.69, 9.17) is 0 Å². The molecule has 98 valence electrons. The van der Waals surface area contributed by atoms with Crippen molar-refractivity contribution in [3.05, 3.63) is 24.3 Å². The highest BCUT2D eigenvalue weighted by atomic mass is 19.4. The van der Waals surface area contributed by atoms with Gasteiger partial charge >= 0.3 is 6.36 Å². The smallest absolute Gasteiger partial charge is 0.406 e. The van der Waals surface area contributed by atoms with Crippen LogP contribution in [-0.4, -0.2) is 25.2 Å². The number of rotatable bonds is 2. The molecule has 1 aliphatic heterocycles. The Morgan fingerprint density at radius 2 is 2.06 bits per heavy atom. The minimum absolute atomic E-state index is 0.100. The number of benzene rings is 1. The van der Waals surface area contributed by atoms with Crippen molar-refractivity contribution < 1.29 is 22.7 Å². The van der Waals surface area contributed by atoms with Gasteiger partial charge < -0.3 is 9.64 Å². The molecular formula is C12H12F3NO2. The third kappa shape index (κ3) is 3.38. The fourth-order valence-electron chi connectivity index (χ4n) is 1.94. The van der Waals surface area contributed by atoms with Crippen LogP contribution in [0.25, 0.3) is 0 Å². The lowest BCUT2D eigenvalue weighted by molar-refractivity contribution is -0.274. The molecule has 0 aliphatic carbocycles. The van der Waals surface area contributed by atoms with Gasteiger partial charge in [0.1, 0.15) is 5.75 Å². The van der Waals surface area contributed by atoms with Gasteiger partial charge in [0.25, 0.3) is 0 Å². The summed E-state index contributed by atoms with van der Waals surface area (Å²) < 4.78 is 40.1. The van der Waals surface area contributed by atoms with E-state index in [2.05, 4.69) is 4.74 Å². The number of nitrogens with zero attached hydrogens (tertiary/aromatic N) is 1. The molecule has 1 saturated heterocycles. The molecule has 0 unspecified atom stereocenters. The molecule has 6 heteroatoms. The monoisotopic (exact) mass is 259 g/mol. The normalized spacial score (nSPS) is 16.8. The SMILES string of the molecule is O=C1CCCN(c2cccc(OC(F)(F)F)c2)C1. The molecule has 1 aromatic rings. The van der Waals surface area contributed by atoms with Crippen molar-refractivity contribution in [2.24, 2.45) is 0 Å². The zero-order valence-electron chi connectivity index (χ0n) is 9.54. The van der Waals surface area contributed by atoms with E-state index in [1.807, 2.05) is 0 Å². The quantitative estimate of drug-likeness (QED) is 0.818. The topological polar surface area (TPSA) is 29.5 Å². The average Bonchev–Trinajstić information content (AvgIpc) is 2.27. The molecule has 0 spiro atoms. The molecule has 0 aromatic heterocycles. The summed E-state index contributed by atoms with van der Waals surface area (Å²) in [6.45, 7) is 0.913. The standard InChI is InChI=1S/C12H12F3NO2/c13-12(14,15)18-11-5-1-3-9(7-11)16-6-2-4-10(17)8-16/h1,3,5,7H,2,4,6,8H2. The van der Waals surface area contributed by atoms with E-state index in [1.165, 1.54) is 18.2 Å². The van der Waals surface area contributed by atoms with E-state index in [9.17, 15) is 18.0 Å². The van der Waals surface area contributed by atoms with E-state index < -0.39 is 6.36 Å². The molecule has 18 heavy (non-hydrogen) atoms. The van der Waals surface area contributed by atoms with Gasteiger partial charge in [0.05, 0.1) is 6.54 Å². The summed E-state index contributed by atoms with van der Waals surface area (Å²) in [6, 6.07) is 5.69. The van der Waals surface area contributed by atoms with Gasteiger partial charge in [-0.25, -0.2) is 0 Å². The van der Waals surface area contributed by atoms with Gasteiger partial charge in [-0.2, -0.15) is 0 Å². The fraction of sp³-hybridized carbons (Fsp3) is 0.417. The highest BCUT2D eigenvalue weighted by molar-refractivity contribution is 5.84. The van der Waals surface area contributed by atoms with Gasteiger partial charge in [0.2, 0.25) is 0 Å². The molecule has 1 heterocycles. The van der Waals surface area contributed by atoms with Crippen molar-refractivity contribution in [3.63, 3.8) is 0 Å². The maximum Gasteiger partial charge on any atom is 0.573 e. The molecule has 0 saturated carbocycles. The molecule has 1 aliphatic rings. The first-order valence-electron chi connectivity index (χ1n) is 5.56. The highest BCUT2D eigenvalue weighted by Crippen LogP contribution is 2.27. The van der Waals surface area contributed by atoms with Gasteiger partial charge in [0, 0.05) is 24.7 Å². The number of alkyl halides is 3. The molecule has 0 N–H and O–H groups in total. The summed E-state index contributed by atoms with van der Waals surface area (Å²) >= 11 is 0. The van der Waals surface area contributed by atoms with E-state index >= 15 is 0 Å². The van der Waals surface area contributed by atoms with Crippen LogP contribution in [0.5, 0.6) is 5.75 Å². The Kier molecular flexibility index (Phi) is 3.45. The lowest BCUT2D eigenvalue weighted by Crippen LogP contribution is -2.35. The van der Waals surface area contributed by atoms with Crippen LogP contribution >= 0.6 is 0 Å². The second-order valence-electron chi connectivity index (χ2n) is 4.11. The Labute approximate surface area is 102 Å². The first-order valence-corrected chi connectivity index (χ1v) is 5.56. The van der Waals surface area contributed by atoms with Crippen molar-refractivity contribution in [3.8, 4) is 5.75 Å². The molecule has 1 fully saturated rings. The van der Waals surface area contributed by atoms with E-state index in [-0.39, 0.29) is 18.1 Å². The van der Waals surface area contributed by atoms with Crippen molar-refractivity contribution in [1.82, 2.24) is 0 Å². The number of ketones is 1. The minimum atomic E-state index is -4.70. The van der Waals surface area contributed by atoms with E-state index in [0.717, 1.165) is 6.42 Å². The predicted octanol–water partition coefficient (Wildman–Crippen LogP) is 2.75. The Morgan fingerprint density at radius 3 is 2.72 bits per heavy atom. The number of hydrogen-bond donors (Lipinski definition) is 0. The van der Waals surface area contributed by atoms with Gasteiger partial charge in [0.15, 0.2) is 5.78 Å². The Bertz CT molecular complexity index is 445. The fourth-order valence-corrected chi connectivity index (χ4v) is 1.94. The minimum Gasteiger partial charge on any atom is -0.406 e. The third-order valence-electron chi connectivity index (χ3n) is 2.67. The molecule has 0 radical (unpaired) electrons. The number of carbonyl (C=O) groups excluding carboxylic acids is 1. The maximum absolute atomic E-state index is 12.1. The molecule has 0 atom stereocenters. The number of carbonyl (C=O) groups is 1. The van der Waals surface area contributed by atoms with E-state index in [1.54, 1.807) is 11.0 Å². The molecule has 1 aromatic carbocycles. The molecule has 0 bridgehead atoms. The number of ether oxygens (including phenoxy) is 1. The zero-order chi connectivity index (χ0) is 13.2. The summed E-state index contributed by atoms with van der Waals surface area (Å²) in [6.07, 6.45) is -3.44. The number of piperidine rings is 1. The molecule has 3 nitrogen and oxygen atoms in total. The van der Waals surface area contributed by atoms with Gasteiger partial charge in [-0.3, -0.25) is 4.79 Å². The van der Waals surface area contributed by atoms with Crippen LogP contribution < -0.4 is 9.64 Å². The lowest BCUT2D eigenvalue weighted by atomic mass is 10.1. The number of anilines is 1. The third-order valence-corrected chi connectivity index (χ3v) is 2.67. The first-order chi connectivity index (χ1) is 8.44. The number of halogens is 3. The second kappa shape index (κ2) is 4.88. The molecule has 0 amide bonds. The number of Topliss-reactive ketones (excluding diaryl/α,β-unsaturated/α-hetero) is 1. The summed E-state index contributed by atoms with van der Waals surface area (Å²) in [5, 5.41) is 0. The second-order valence-corrected chi connectivity index (χ2v) is 4.11. The highest BCUT2D eigenvalue weighted by Gasteiger charge is 2.31. The van der Waals surface area contributed by atoms with Crippen molar-refractivity contribution in [2.75, 3.05) is 18.0 Å². The summed E-state index contributed by atoms with van der Waals surface area (Å²) in [5.74, 6) is -0.165. The predicted molar refractivity (Wildman–Crippen MR) is 59.6 cm³/mol. The Hall–Kier alpha value is -1.72. The van der Waals surface area contributed by atoms with Crippen LogP contribution in [0.1, 0.15) is 12.8 Å². The average molecular weight is 259 g/mol. The van der Waals surface area contributed by atoms with Crippen molar-refractivity contribution in [1.29, 1.82) is 0 Å². The first kappa shape index (κ1) is 12.7. The van der Waals surface area contributed by atoms with Crippen LogP contribution in [0.15, 0.2) is 24.3 Å². The van der Waals surface area contributed by atoms with Crippen LogP contribution in [0.2, 0.25) is 0 Å². The largest absolute Gasteiger partial charge is 0.573 e. The van der Waals surface area contributed by atoms with Gasteiger partial charge in [-0.1, -0.05) is 6.07 Å². The summed E-state index contributed by atoms with van der Waals surface area (Å²) in [7, 11) is 0. The zero-order valence-corrected chi connectivity index (χ0v) is 9.54. The van der Waals surface area contributed by atoms with Crippen molar-refractivity contribution in [2.45, 2.75) is 19.2 Å². The summed E-state index contributed by atoms with van der Waals surface area (Å²) in [4.78, 5) is 13.1. The molecule has 2 rings (SSSR count). The lowest BCUT2D eigenvalue weighted by Gasteiger charge is -2.28. The number of hydrogen-bond acceptors (Lipinski definition) is 3. The molecular weight excluding hydrogens is 247 g/mol. The van der Waals surface area contributed by atoms with Crippen LogP contribution in [0.4, 0.5) is 18.9 Å². The van der Waals surface area contributed by atoms with Crippen LogP contribution in [0.3, 0.4) is 0 Å². The van der Waals surface area contributed by atoms with Crippen LogP contribution in [0, 0.1) is 0 Å². The van der Waals surface area contributed by atoms with Gasteiger partial charge in [-0.05, 0) is 18.6 Å². The maximum atomic E-state index is 12.1. The van der Waals surface area contributed by atoms with E-state index in [0.29, 0.717) is 18.7 Å². The van der Waals surface area contributed by atoms with Crippen LogP contribution in [-0.2, 0) is 4.79 Å². The Balaban J connectivity index is 2.14. The summed E-state index contributed by atoms with van der Waals surface area (Å²) in [5.41, 5.74) is 0.574. The van der Waals surface area contributed by atoms with Gasteiger partial charge in [-0.15, -0.1) is 13.2 Å². The Morgan fingerprint density at radius 1 is 1.28 bits per heavy atom.